The van der Waals surface area contributed by atoms with Gasteiger partial charge in [0, 0.05) is 23.0 Å². The largest absolute Gasteiger partial charge is 0.507 e. The van der Waals surface area contributed by atoms with E-state index in [1.165, 1.54) is 16.7 Å². The van der Waals surface area contributed by atoms with Crippen molar-refractivity contribution in [1.82, 2.24) is 14.5 Å². The molecule has 0 aliphatic carbocycles. The summed E-state index contributed by atoms with van der Waals surface area (Å²) in [4.78, 5) is 10.4. The number of nitrogens with zero attached hydrogens (tertiary/aromatic N) is 3. The fourth-order valence-electron chi connectivity index (χ4n) is 7.18. The Morgan fingerprint density at radius 2 is 1.17 bits per heavy atom. The van der Waals surface area contributed by atoms with E-state index in [9.17, 15) is 5.11 Å². The minimum absolute atomic E-state index is 0.0105. The van der Waals surface area contributed by atoms with Gasteiger partial charge >= 0.3 is 0 Å². The summed E-state index contributed by atoms with van der Waals surface area (Å²) in [6.07, 6.45) is 1.95. The highest BCUT2D eigenvalue weighted by Crippen LogP contribution is 2.45. The first-order chi connectivity index (χ1) is 24.6. The fraction of sp³-hybridized carbons (Fsp3) is 0.250. The second kappa shape index (κ2) is 12.9. The van der Waals surface area contributed by atoms with Crippen LogP contribution in [-0.2, 0) is 16.2 Å². The lowest BCUT2D eigenvalue weighted by molar-refractivity contribution is 0.477. The monoisotopic (exact) mass is 683 g/mol. The first-order valence-corrected chi connectivity index (χ1v) is 18.2. The molecule has 0 radical (unpaired) electrons. The van der Waals surface area contributed by atoms with E-state index < -0.39 is 0 Å². The lowest BCUT2D eigenvalue weighted by atomic mass is 9.74. The third-order valence-corrected chi connectivity index (χ3v) is 10.0. The van der Waals surface area contributed by atoms with Gasteiger partial charge in [0.2, 0.25) is 0 Å². The van der Waals surface area contributed by atoms with Crippen molar-refractivity contribution in [2.75, 3.05) is 0 Å². The van der Waals surface area contributed by atoms with Crippen LogP contribution in [0, 0.1) is 0 Å². The highest BCUT2D eigenvalue weighted by atomic mass is 16.3. The van der Waals surface area contributed by atoms with E-state index in [1.807, 2.05) is 48.7 Å². The molecule has 7 aromatic rings. The van der Waals surface area contributed by atoms with E-state index in [2.05, 4.69) is 140 Å². The molecule has 0 saturated carbocycles. The van der Waals surface area contributed by atoms with Crippen LogP contribution in [-0.4, -0.2) is 19.6 Å². The Labute approximate surface area is 308 Å². The number of imidazole rings is 1. The molecule has 0 fully saturated rings. The van der Waals surface area contributed by atoms with E-state index in [0.29, 0.717) is 11.4 Å². The van der Waals surface area contributed by atoms with Crippen LogP contribution in [0.4, 0.5) is 0 Å². The van der Waals surface area contributed by atoms with Crippen molar-refractivity contribution in [3.63, 3.8) is 0 Å². The first kappa shape index (κ1) is 34.9. The number of fused-ring (bicyclic) bond motifs is 1. The summed E-state index contributed by atoms with van der Waals surface area (Å²) < 4.78 is 2.18. The van der Waals surface area contributed by atoms with Crippen LogP contribution >= 0.6 is 0 Å². The third-order valence-electron chi connectivity index (χ3n) is 10.0. The lowest BCUT2D eigenvalue weighted by Gasteiger charge is -2.30. The highest BCUT2D eigenvalue weighted by molar-refractivity contribution is 5.98. The van der Waals surface area contributed by atoms with E-state index >= 15 is 0 Å². The van der Waals surface area contributed by atoms with Gasteiger partial charge in [0.15, 0.2) is 0 Å². The van der Waals surface area contributed by atoms with Crippen molar-refractivity contribution in [1.29, 1.82) is 0 Å². The minimum atomic E-state index is -0.163. The van der Waals surface area contributed by atoms with Crippen molar-refractivity contribution >= 4 is 11.0 Å². The summed E-state index contributed by atoms with van der Waals surface area (Å²) in [5, 5.41) is 11.5. The summed E-state index contributed by atoms with van der Waals surface area (Å²) in [6.45, 7) is 20.5. The van der Waals surface area contributed by atoms with Crippen LogP contribution < -0.4 is 0 Å². The number of phenolic OH excluding ortho intramolecular Hbond substituents is 1. The number of benzene rings is 5. The molecular weight excluding hydrogens is 635 g/mol. The van der Waals surface area contributed by atoms with Gasteiger partial charge in [-0.05, 0) is 98.2 Å². The summed E-state index contributed by atoms with van der Waals surface area (Å²) in [6, 6.07) is 42.0. The molecule has 2 aromatic heterocycles. The van der Waals surface area contributed by atoms with E-state index in [1.54, 1.807) is 6.07 Å². The van der Waals surface area contributed by atoms with Gasteiger partial charge in [0.05, 0.1) is 22.3 Å². The molecule has 262 valence electrons. The fourth-order valence-corrected chi connectivity index (χ4v) is 7.18. The van der Waals surface area contributed by atoms with Gasteiger partial charge in [0.1, 0.15) is 11.6 Å². The van der Waals surface area contributed by atoms with Gasteiger partial charge in [-0.2, -0.15) is 0 Å². The van der Waals surface area contributed by atoms with Gasteiger partial charge in [-0.1, -0.05) is 135 Å². The molecule has 1 N–H and O–H groups in total. The Morgan fingerprint density at radius 3 is 1.83 bits per heavy atom. The highest BCUT2D eigenvalue weighted by Gasteiger charge is 2.29. The van der Waals surface area contributed by atoms with Crippen LogP contribution in [0.1, 0.15) is 79.0 Å². The number of hydrogen-bond acceptors (Lipinski definition) is 3. The molecule has 0 unspecified atom stereocenters. The number of aromatic nitrogens is 3. The Hall–Kier alpha value is -5.48. The molecule has 0 aliphatic heterocycles. The third kappa shape index (κ3) is 6.54. The van der Waals surface area contributed by atoms with Crippen LogP contribution in [0.15, 0.2) is 128 Å². The Bertz CT molecular complexity index is 2400. The molecular formula is C48H49N3O. The second-order valence-corrected chi connectivity index (χ2v) is 17.0. The van der Waals surface area contributed by atoms with Crippen molar-refractivity contribution in [3.05, 3.63) is 144 Å². The van der Waals surface area contributed by atoms with Gasteiger partial charge < -0.3 is 5.11 Å². The zero-order valence-electron chi connectivity index (χ0n) is 31.9. The van der Waals surface area contributed by atoms with Crippen LogP contribution in [0.5, 0.6) is 5.75 Å². The number of para-hydroxylation sites is 2. The Morgan fingerprint density at radius 1 is 0.519 bits per heavy atom. The van der Waals surface area contributed by atoms with E-state index in [-0.39, 0.29) is 22.0 Å². The van der Waals surface area contributed by atoms with E-state index in [4.69, 9.17) is 9.97 Å². The molecule has 0 saturated heterocycles. The molecule has 0 spiro atoms. The smallest absolute Gasteiger partial charge is 0.149 e. The molecule has 2 heterocycles. The summed E-state index contributed by atoms with van der Waals surface area (Å²) in [5.41, 5.74) is 13.4. The normalized spacial score (nSPS) is 12.4. The predicted molar refractivity (Wildman–Crippen MR) is 218 cm³/mol. The first-order valence-electron chi connectivity index (χ1n) is 18.2. The maximum absolute atomic E-state index is 11.5. The number of phenols is 1. The van der Waals surface area contributed by atoms with Crippen LogP contribution in [0.25, 0.3) is 61.6 Å². The summed E-state index contributed by atoms with van der Waals surface area (Å²) in [7, 11) is 0. The Balaban J connectivity index is 1.55. The molecule has 52 heavy (non-hydrogen) atoms. The average Bonchev–Trinajstić information content (AvgIpc) is 3.50. The van der Waals surface area contributed by atoms with Crippen molar-refractivity contribution in [2.24, 2.45) is 0 Å². The molecule has 0 amide bonds. The number of rotatable bonds is 5. The predicted octanol–water partition coefficient (Wildman–Crippen LogP) is 12.7. The van der Waals surface area contributed by atoms with Gasteiger partial charge in [-0.3, -0.25) is 9.55 Å². The molecule has 4 nitrogen and oxygen atoms in total. The van der Waals surface area contributed by atoms with Gasteiger partial charge in [-0.15, -0.1) is 0 Å². The molecule has 7 rings (SSSR count). The summed E-state index contributed by atoms with van der Waals surface area (Å²) in [5.74, 6) is 0.873. The molecule has 0 bridgehead atoms. The average molecular weight is 684 g/mol. The second-order valence-electron chi connectivity index (χ2n) is 17.0. The topological polar surface area (TPSA) is 50.9 Å². The van der Waals surface area contributed by atoms with Crippen LogP contribution in [0.3, 0.4) is 0 Å². The zero-order valence-corrected chi connectivity index (χ0v) is 31.9. The maximum atomic E-state index is 11.5. The van der Waals surface area contributed by atoms with Gasteiger partial charge in [0.25, 0.3) is 0 Å². The molecule has 0 atom stereocenters. The quantitative estimate of drug-likeness (QED) is 0.196. The number of pyridine rings is 1. The van der Waals surface area contributed by atoms with Crippen molar-refractivity contribution < 1.29 is 5.11 Å². The van der Waals surface area contributed by atoms with Crippen molar-refractivity contribution in [3.8, 4) is 56.3 Å². The van der Waals surface area contributed by atoms with E-state index in [0.717, 1.165) is 50.2 Å². The Kier molecular flexibility index (Phi) is 8.69. The SMILES string of the molecule is CC(C)(C)c1ccnc(-c2cc(-c3cccc4c3nc(-c3cc(-c5ccccc5)ccc3O)n4-c3ccccc3)c(C(C)(C)C)cc2C(C)(C)C)c1. The minimum Gasteiger partial charge on any atom is -0.507 e. The maximum Gasteiger partial charge on any atom is 0.149 e. The molecule has 4 heteroatoms. The zero-order chi connectivity index (χ0) is 37.0. The van der Waals surface area contributed by atoms with Crippen molar-refractivity contribution in [2.45, 2.75) is 78.6 Å². The molecule has 5 aromatic carbocycles. The van der Waals surface area contributed by atoms with Gasteiger partial charge in [-0.25, -0.2) is 4.98 Å². The van der Waals surface area contributed by atoms with Crippen LogP contribution in [0.2, 0.25) is 0 Å². The standard InChI is InChI=1S/C48H49N3O/c1-46(2,3)33-25-26-49-41(28-33)37-29-36(39(47(4,5)6)30-40(37)48(7,8)9)35-21-16-22-42-44(35)50-45(51(42)34-19-14-11-15-20-34)38-27-32(23-24-43(38)52)31-17-12-10-13-18-31/h10-30,52H,1-9H3. The number of hydrogen-bond donors (Lipinski definition) is 1. The lowest BCUT2D eigenvalue weighted by Crippen LogP contribution is -2.19. The molecule has 0 aliphatic rings. The number of aromatic hydroxyl groups is 1. The summed E-state index contributed by atoms with van der Waals surface area (Å²) >= 11 is 0.